The van der Waals surface area contributed by atoms with Gasteiger partial charge in [0.25, 0.3) is 0 Å². The summed E-state index contributed by atoms with van der Waals surface area (Å²) in [6.45, 7) is 1.11. The van der Waals surface area contributed by atoms with Crippen LogP contribution in [0.4, 0.5) is 24.8 Å². The Morgan fingerprint density at radius 1 is 1.12 bits per heavy atom. The molecule has 0 bridgehead atoms. The van der Waals surface area contributed by atoms with E-state index in [1.165, 1.54) is 17.0 Å². The van der Waals surface area contributed by atoms with Crippen LogP contribution in [0.25, 0.3) is 11.4 Å². The minimum absolute atomic E-state index is 0.0917. The van der Waals surface area contributed by atoms with Crippen LogP contribution in [0.2, 0.25) is 0 Å². The topological polar surface area (TPSA) is 81.5 Å². The van der Waals surface area contributed by atoms with Gasteiger partial charge in [-0.2, -0.15) is 18.2 Å². The first-order valence-electron chi connectivity index (χ1n) is 10.2. The zero-order valence-electron chi connectivity index (χ0n) is 18.0. The number of hydrogen-bond acceptors (Lipinski definition) is 6. The number of hydrogen-bond donors (Lipinski definition) is 1. The predicted octanol–water partition coefficient (Wildman–Crippen LogP) is 3.96. The van der Waals surface area contributed by atoms with E-state index in [4.69, 9.17) is 9.47 Å². The molecule has 1 aliphatic heterocycles. The third-order valence-electron chi connectivity index (χ3n) is 4.95. The number of halogens is 3. The molecule has 0 aliphatic carbocycles. The molecule has 2 aromatic carbocycles. The normalized spacial score (nSPS) is 13.0. The van der Waals surface area contributed by atoms with Crippen molar-refractivity contribution < 1.29 is 27.4 Å². The van der Waals surface area contributed by atoms with Gasteiger partial charge in [0.1, 0.15) is 13.2 Å². The van der Waals surface area contributed by atoms with Crippen LogP contribution in [0.5, 0.6) is 11.5 Å². The van der Waals surface area contributed by atoms with Crippen LogP contribution in [-0.2, 0) is 17.5 Å². The Labute approximate surface area is 187 Å². The molecule has 0 saturated carbocycles. The molecular formula is C22H22F3N5O3. The number of aryl methyl sites for hydroxylation is 1. The predicted molar refractivity (Wildman–Crippen MR) is 114 cm³/mol. The number of carbonyl (C=O) groups is 1. The molecule has 4 rings (SSSR count). The summed E-state index contributed by atoms with van der Waals surface area (Å²) < 4.78 is 51.9. The van der Waals surface area contributed by atoms with Crippen LogP contribution < -0.4 is 14.8 Å². The van der Waals surface area contributed by atoms with Gasteiger partial charge in [0.15, 0.2) is 17.3 Å². The number of anilines is 2. The third-order valence-corrected chi connectivity index (χ3v) is 4.95. The average Bonchev–Trinajstić information content (AvgIpc) is 3.19. The number of carbonyl (C=O) groups excluding carboxylic acids is 1. The second-order valence-corrected chi connectivity index (χ2v) is 7.58. The maximum absolute atomic E-state index is 13.1. The van der Waals surface area contributed by atoms with Crippen molar-refractivity contribution in [3.63, 3.8) is 0 Å². The Morgan fingerprint density at radius 3 is 2.61 bits per heavy atom. The molecule has 3 aromatic rings. The summed E-state index contributed by atoms with van der Waals surface area (Å²) in [5.41, 5.74) is 0.0804. The van der Waals surface area contributed by atoms with E-state index in [9.17, 15) is 18.0 Å². The van der Waals surface area contributed by atoms with Gasteiger partial charge < -0.3 is 19.7 Å². The quantitative estimate of drug-likeness (QED) is 0.599. The molecule has 1 aromatic heterocycles. The van der Waals surface area contributed by atoms with Gasteiger partial charge >= 0.3 is 6.18 Å². The highest BCUT2D eigenvalue weighted by Gasteiger charge is 2.30. The Hall–Kier alpha value is -3.76. The van der Waals surface area contributed by atoms with Crippen molar-refractivity contribution in [2.24, 2.45) is 0 Å². The molecule has 0 spiro atoms. The molecule has 0 radical (unpaired) electrons. The van der Waals surface area contributed by atoms with Crippen molar-refractivity contribution in [1.82, 2.24) is 19.7 Å². The van der Waals surface area contributed by atoms with Crippen LogP contribution in [0.15, 0.2) is 42.5 Å². The Balaban J connectivity index is 1.66. The third kappa shape index (κ3) is 5.18. The number of rotatable bonds is 6. The van der Waals surface area contributed by atoms with Crippen LogP contribution in [0.1, 0.15) is 12.0 Å². The van der Waals surface area contributed by atoms with E-state index >= 15 is 0 Å². The Morgan fingerprint density at radius 2 is 1.88 bits per heavy atom. The molecule has 2 heterocycles. The van der Waals surface area contributed by atoms with Gasteiger partial charge in [0.2, 0.25) is 11.9 Å². The van der Waals surface area contributed by atoms with E-state index in [2.05, 4.69) is 15.4 Å². The molecule has 11 heteroatoms. The number of nitrogens with zero attached hydrogens (tertiary/aromatic N) is 4. The number of alkyl halides is 3. The smallest absolute Gasteiger partial charge is 0.416 e. The number of ether oxygens (including phenoxy) is 2. The lowest BCUT2D eigenvalue weighted by molar-refractivity contribution is -0.137. The number of aromatic nitrogens is 3. The van der Waals surface area contributed by atoms with E-state index in [0.717, 1.165) is 12.1 Å². The van der Waals surface area contributed by atoms with E-state index in [1.54, 1.807) is 37.0 Å². The number of nitrogens with one attached hydrogen (secondary N) is 1. The van der Waals surface area contributed by atoms with Crippen molar-refractivity contribution in [1.29, 1.82) is 0 Å². The van der Waals surface area contributed by atoms with E-state index in [0.29, 0.717) is 36.1 Å². The summed E-state index contributed by atoms with van der Waals surface area (Å²) >= 11 is 0. The molecule has 0 fully saturated rings. The van der Waals surface area contributed by atoms with Gasteiger partial charge in [-0.15, -0.1) is 5.10 Å². The Bertz CT molecular complexity index is 1160. The number of fused-ring (bicyclic) bond motifs is 1. The molecule has 0 atom stereocenters. The zero-order chi connectivity index (χ0) is 23.6. The number of benzene rings is 2. The first kappa shape index (κ1) is 22.4. The van der Waals surface area contributed by atoms with Crippen LogP contribution in [0, 0.1) is 0 Å². The van der Waals surface area contributed by atoms with Crippen molar-refractivity contribution in [2.45, 2.75) is 19.1 Å². The minimum Gasteiger partial charge on any atom is -0.486 e. The fourth-order valence-corrected chi connectivity index (χ4v) is 3.27. The maximum atomic E-state index is 13.1. The highest BCUT2D eigenvalue weighted by atomic mass is 19.4. The minimum atomic E-state index is -4.46. The highest BCUT2D eigenvalue weighted by Crippen LogP contribution is 2.35. The molecule has 33 heavy (non-hydrogen) atoms. The molecule has 1 aliphatic rings. The average molecular weight is 461 g/mol. The van der Waals surface area contributed by atoms with E-state index < -0.39 is 11.7 Å². The largest absolute Gasteiger partial charge is 0.486 e. The van der Waals surface area contributed by atoms with Crippen molar-refractivity contribution in [3.05, 3.63) is 48.0 Å². The lowest BCUT2D eigenvalue weighted by Gasteiger charge is -2.18. The summed E-state index contributed by atoms with van der Waals surface area (Å²) in [4.78, 5) is 18.0. The summed E-state index contributed by atoms with van der Waals surface area (Å²) in [6, 6.07) is 10.1. The molecule has 1 N–H and O–H groups in total. The first-order valence-corrected chi connectivity index (χ1v) is 10.2. The molecule has 1 amide bonds. The molecule has 0 saturated heterocycles. The van der Waals surface area contributed by atoms with Gasteiger partial charge in [0, 0.05) is 31.8 Å². The van der Waals surface area contributed by atoms with E-state index in [1.807, 2.05) is 0 Å². The number of amides is 1. The monoisotopic (exact) mass is 461 g/mol. The Kier molecular flexibility index (Phi) is 6.12. The highest BCUT2D eigenvalue weighted by molar-refractivity contribution is 5.75. The second-order valence-electron chi connectivity index (χ2n) is 7.58. The van der Waals surface area contributed by atoms with Crippen molar-refractivity contribution in [2.75, 3.05) is 32.6 Å². The molecule has 8 nitrogen and oxygen atoms in total. The first-order chi connectivity index (χ1) is 15.7. The SMILES string of the molecule is CN(C)C(=O)CCn1nc(Nc2cccc(C(F)(F)F)c2)nc1-c1ccc2c(c1)OCCO2. The van der Waals surface area contributed by atoms with Crippen LogP contribution in [-0.4, -0.2) is 52.9 Å². The van der Waals surface area contributed by atoms with Gasteiger partial charge in [-0.25, -0.2) is 4.68 Å². The zero-order valence-corrected chi connectivity index (χ0v) is 18.0. The summed E-state index contributed by atoms with van der Waals surface area (Å²) in [5.74, 6) is 1.63. The lowest BCUT2D eigenvalue weighted by atomic mass is 10.2. The van der Waals surface area contributed by atoms with Gasteiger partial charge in [-0.3, -0.25) is 4.79 Å². The van der Waals surface area contributed by atoms with Crippen LogP contribution in [0.3, 0.4) is 0 Å². The molecule has 174 valence electrons. The van der Waals surface area contributed by atoms with Gasteiger partial charge in [0.05, 0.1) is 12.1 Å². The van der Waals surface area contributed by atoms with E-state index in [-0.39, 0.29) is 30.5 Å². The summed E-state index contributed by atoms with van der Waals surface area (Å²) in [6.07, 6.45) is -4.29. The summed E-state index contributed by atoms with van der Waals surface area (Å²) in [5, 5.41) is 7.21. The van der Waals surface area contributed by atoms with Crippen LogP contribution >= 0.6 is 0 Å². The molecule has 0 unspecified atom stereocenters. The van der Waals surface area contributed by atoms with Gasteiger partial charge in [-0.1, -0.05) is 6.07 Å². The second kappa shape index (κ2) is 9.00. The van der Waals surface area contributed by atoms with Crippen molar-refractivity contribution in [3.8, 4) is 22.9 Å². The van der Waals surface area contributed by atoms with Crippen molar-refractivity contribution >= 4 is 17.5 Å². The fourth-order valence-electron chi connectivity index (χ4n) is 3.27. The van der Waals surface area contributed by atoms with Gasteiger partial charge in [-0.05, 0) is 36.4 Å². The lowest BCUT2D eigenvalue weighted by Crippen LogP contribution is -2.23. The molecular weight excluding hydrogens is 439 g/mol. The standard InChI is InChI=1S/C22H22F3N5O3/c1-29(2)19(31)8-9-30-20(14-6-7-17-18(12-14)33-11-10-32-17)27-21(28-30)26-16-5-3-4-15(13-16)22(23,24)25/h3-7,12-13H,8-11H2,1-2H3,(H,26,28). The summed E-state index contributed by atoms with van der Waals surface area (Å²) in [7, 11) is 3.32. The maximum Gasteiger partial charge on any atom is 0.416 e. The fraction of sp³-hybridized carbons (Fsp3) is 0.318.